The van der Waals surface area contributed by atoms with Crippen molar-refractivity contribution >= 4 is 17.7 Å². The van der Waals surface area contributed by atoms with E-state index in [1.54, 1.807) is 14.0 Å². The third-order valence-electron chi connectivity index (χ3n) is 2.64. The van der Waals surface area contributed by atoms with E-state index < -0.39 is 5.54 Å². The van der Waals surface area contributed by atoms with Gasteiger partial charge in [-0.3, -0.25) is 4.79 Å². The van der Waals surface area contributed by atoms with Crippen LogP contribution < -0.4 is 5.32 Å². The molecule has 0 fully saturated rings. The van der Waals surface area contributed by atoms with E-state index in [1.165, 1.54) is 18.9 Å². The molecular formula is C12H19N3O2S. The number of rotatable bonds is 5. The summed E-state index contributed by atoms with van der Waals surface area (Å²) in [4.78, 5) is 20.3. The average molecular weight is 269 g/mol. The van der Waals surface area contributed by atoms with Crippen molar-refractivity contribution in [3.63, 3.8) is 0 Å². The van der Waals surface area contributed by atoms with E-state index >= 15 is 0 Å². The molecule has 0 aliphatic carbocycles. The van der Waals surface area contributed by atoms with E-state index in [0.29, 0.717) is 10.9 Å². The molecule has 1 aromatic rings. The molecule has 0 amide bonds. The van der Waals surface area contributed by atoms with Gasteiger partial charge in [0.25, 0.3) is 0 Å². The van der Waals surface area contributed by atoms with E-state index in [0.717, 1.165) is 11.4 Å². The lowest BCUT2D eigenvalue weighted by atomic mass is 10.1. The first-order valence-corrected chi connectivity index (χ1v) is 6.62. The number of ether oxygens (including phenoxy) is 1. The van der Waals surface area contributed by atoms with Crippen LogP contribution in [0.25, 0.3) is 0 Å². The number of carbonyl (C=O) groups is 1. The highest BCUT2D eigenvalue weighted by Crippen LogP contribution is 2.20. The first kappa shape index (κ1) is 14.9. The standard InChI is InChI=1S/C12H19N3O2S/c1-8-6-9(2)15-11(14-8)18-7-12(3,13-4)10(16)17-5/h6,13H,7H2,1-5H3. The van der Waals surface area contributed by atoms with Crippen molar-refractivity contribution in [3.05, 3.63) is 17.5 Å². The molecule has 0 aliphatic rings. The maximum atomic E-state index is 11.7. The Morgan fingerprint density at radius 1 is 1.44 bits per heavy atom. The van der Waals surface area contributed by atoms with Crippen LogP contribution >= 0.6 is 11.8 Å². The summed E-state index contributed by atoms with van der Waals surface area (Å²) in [5, 5.41) is 3.66. The van der Waals surface area contributed by atoms with Crippen LogP contribution in [0.15, 0.2) is 11.2 Å². The Hall–Kier alpha value is -1.14. The summed E-state index contributed by atoms with van der Waals surface area (Å²) in [5.74, 6) is 0.223. The lowest BCUT2D eigenvalue weighted by Crippen LogP contribution is -2.50. The fraction of sp³-hybridized carbons (Fsp3) is 0.583. The van der Waals surface area contributed by atoms with Crippen molar-refractivity contribution in [2.24, 2.45) is 0 Å². The molecule has 0 bridgehead atoms. The SMILES string of the molecule is CNC(C)(CSc1nc(C)cc(C)n1)C(=O)OC. The van der Waals surface area contributed by atoms with E-state index in [2.05, 4.69) is 15.3 Å². The van der Waals surface area contributed by atoms with Crippen LogP contribution in [0.5, 0.6) is 0 Å². The molecule has 1 unspecified atom stereocenters. The second-order valence-electron chi connectivity index (χ2n) is 4.30. The highest BCUT2D eigenvalue weighted by Gasteiger charge is 2.33. The predicted molar refractivity (Wildman–Crippen MR) is 71.7 cm³/mol. The van der Waals surface area contributed by atoms with Crippen molar-refractivity contribution in [1.29, 1.82) is 0 Å². The summed E-state index contributed by atoms with van der Waals surface area (Å²) in [5.41, 5.74) is 1.11. The normalized spacial score (nSPS) is 14.1. The molecule has 0 spiro atoms. The number of aryl methyl sites for hydroxylation is 2. The number of methoxy groups -OCH3 is 1. The molecule has 1 rings (SSSR count). The zero-order chi connectivity index (χ0) is 13.8. The first-order valence-electron chi connectivity index (χ1n) is 5.63. The van der Waals surface area contributed by atoms with Gasteiger partial charge in [-0.1, -0.05) is 11.8 Å². The van der Waals surface area contributed by atoms with Crippen molar-refractivity contribution in [2.45, 2.75) is 31.5 Å². The Kier molecular flexibility index (Phi) is 5.10. The summed E-state index contributed by atoms with van der Waals surface area (Å²) in [7, 11) is 3.12. The van der Waals surface area contributed by atoms with Crippen LogP contribution in [0.1, 0.15) is 18.3 Å². The van der Waals surface area contributed by atoms with Crippen LogP contribution in [0, 0.1) is 13.8 Å². The van der Waals surface area contributed by atoms with Crippen molar-refractivity contribution in [2.75, 3.05) is 19.9 Å². The molecule has 0 saturated heterocycles. The molecular weight excluding hydrogens is 250 g/mol. The minimum absolute atomic E-state index is 0.290. The molecule has 0 saturated carbocycles. The van der Waals surface area contributed by atoms with Gasteiger partial charge in [0.2, 0.25) is 0 Å². The number of aromatic nitrogens is 2. The largest absolute Gasteiger partial charge is 0.468 e. The van der Waals surface area contributed by atoms with Crippen LogP contribution in [0.2, 0.25) is 0 Å². The molecule has 0 radical (unpaired) electrons. The third kappa shape index (κ3) is 3.68. The summed E-state index contributed by atoms with van der Waals surface area (Å²) in [6.45, 7) is 5.65. The summed E-state index contributed by atoms with van der Waals surface area (Å²) >= 11 is 1.44. The molecule has 1 heterocycles. The Morgan fingerprint density at radius 2 is 2.00 bits per heavy atom. The molecule has 6 heteroatoms. The van der Waals surface area contributed by atoms with Crippen molar-refractivity contribution < 1.29 is 9.53 Å². The van der Waals surface area contributed by atoms with E-state index in [-0.39, 0.29) is 5.97 Å². The topological polar surface area (TPSA) is 64.1 Å². The maximum absolute atomic E-state index is 11.7. The van der Waals surface area contributed by atoms with Gasteiger partial charge in [0.1, 0.15) is 5.54 Å². The highest BCUT2D eigenvalue weighted by molar-refractivity contribution is 7.99. The molecule has 1 aromatic heterocycles. The van der Waals surface area contributed by atoms with Crippen LogP contribution in [0.3, 0.4) is 0 Å². The minimum atomic E-state index is -0.736. The second-order valence-corrected chi connectivity index (χ2v) is 5.24. The lowest BCUT2D eigenvalue weighted by Gasteiger charge is -2.25. The van der Waals surface area contributed by atoms with Gasteiger partial charge in [0.05, 0.1) is 7.11 Å². The quantitative estimate of drug-likeness (QED) is 0.494. The van der Waals surface area contributed by atoms with Gasteiger partial charge in [-0.25, -0.2) is 9.97 Å². The Morgan fingerprint density at radius 3 is 2.44 bits per heavy atom. The Labute approximate surface area is 112 Å². The number of carbonyl (C=O) groups excluding carboxylic acids is 1. The average Bonchev–Trinajstić information content (AvgIpc) is 2.33. The van der Waals surface area contributed by atoms with Gasteiger partial charge < -0.3 is 10.1 Å². The lowest BCUT2D eigenvalue weighted by molar-refractivity contribution is -0.146. The summed E-state index contributed by atoms with van der Waals surface area (Å²) in [6.07, 6.45) is 0. The highest BCUT2D eigenvalue weighted by atomic mass is 32.2. The van der Waals surface area contributed by atoms with Gasteiger partial charge in [0.15, 0.2) is 5.16 Å². The Bertz CT molecular complexity index is 419. The number of hydrogen-bond acceptors (Lipinski definition) is 6. The number of nitrogens with one attached hydrogen (secondary N) is 1. The Balaban J connectivity index is 2.76. The number of hydrogen-bond donors (Lipinski definition) is 1. The van der Waals surface area contributed by atoms with E-state index in [9.17, 15) is 4.79 Å². The smallest absolute Gasteiger partial charge is 0.326 e. The molecule has 5 nitrogen and oxygen atoms in total. The molecule has 1 N–H and O–H groups in total. The van der Waals surface area contributed by atoms with Gasteiger partial charge in [0, 0.05) is 17.1 Å². The first-order chi connectivity index (χ1) is 8.41. The third-order valence-corrected chi connectivity index (χ3v) is 3.80. The molecule has 0 aromatic carbocycles. The molecule has 100 valence electrons. The fourth-order valence-corrected chi connectivity index (χ4v) is 2.52. The van der Waals surface area contributed by atoms with Crippen LogP contribution in [-0.4, -0.2) is 41.4 Å². The van der Waals surface area contributed by atoms with Gasteiger partial charge in [-0.2, -0.15) is 0 Å². The van der Waals surface area contributed by atoms with Crippen LogP contribution in [0.4, 0.5) is 0 Å². The molecule has 18 heavy (non-hydrogen) atoms. The summed E-state index contributed by atoms with van der Waals surface area (Å²) < 4.78 is 4.79. The van der Waals surface area contributed by atoms with E-state index in [1.807, 2.05) is 19.9 Å². The maximum Gasteiger partial charge on any atom is 0.326 e. The zero-order valence-corrected chi connectivity index (χ0v) is 12.2. The van der Waals surface area contributed by atoms with Crippen LogP contribution in [-0.2, 0) is 9.53 Å². The fourth-order valence-electron chi connectivity index (χ4n) is 1.43. The molecule has 0 aliphatic heterocycles. The van der Waals surface area contributed by atoms with E-state index in [4.69, 9.17) is 4.74 Å². The second kappa shape index (κ2) is 6.15. The van der Waals surface area contributed by atoms with Crippen molar-refractivity contribution in [1.82, 2.24) is 15.3 Å². The number of nitrogens with zero attached hydrogens (tertiary/aromatic N) is 2. The van der Waals surface area contributed by atoms with Crippen molar-refractivity contribution in [3.8, 4) is 0 Å². The number of esters is 1. The summed E-state index contributed by atoms with van der Waals surface area (Å²) in [6, 6.07) is 1.92. The van der Waals surface area contributed by atoms with Gasteiger partial charge in [-0.05, 0) is 33.9 Å². The number of likely N-dealkylation sites (N-methyl/N-ethyl adjacent to an activating group) is 1. The number of thioether (sulfide) groups is 1. The van der Waals surface area contributed by atoms with Gasteiger partial charge >= 0.3 is 5.97 Å². The minimum Gasteiger partial charge on any atom is -0.468 e. The molecule has 1 atom stereocenters. The monoisotopic (exact) mass is 269 g/mol. The zero-order valence-electron chi connectivity index (χ0n) is 11.4. The predicted octanol–water partition coefficient (Wildman–Crippen LogP) is 1.34. The van der Waals surface area contributed by atoms with Gasteiger partial charge in [-0.15, -0.1) is 0 Å².